The minimum atomic E-state index is 0.823. The molecule has 0 aliphatic carbocycles. The molecule has 0 aliphatic heterocycles. The number of methoxy groups -OCH3 is 1. The Morgan fingerprint density at radius 1 is 1.06 bits per heavy atom. The molecule has 1 aromatic heterocycles. The zero-order valence-corrected chi connectivity index (χ0v) is 13.0. The van der Waals surface area contributed by atoms with E-state index < -0.39 is 0 Å². The van der Waals surface area contributed by atoms with E-state index in [4.69, 9.17) is 4.74 Å². The fourth-order valence-corrected chi connectivity index (χ4v) is 2.67. The van der Waals surface area contributed by atoms with Crippen LogP contribution in [-0.4, -0.2) is 17.1 Å². The van der Waals surface area contributed by atoms with Gasteiger partial charge in [-0.3, -0.25) is 0 Å². The lowest BCUT2D eigenvalue weighted by atomic mass is 10.2. The van der Waals surface area contributed by atoms with E-state index >= 15 is 0 Å². The summed E-state index contributed by atoms with van der Waals surface area (Å²) < 4.78 is 6.96. The lowest BCUT2D eigenvalue weighted by molar-refractivity contribution is 0.415. The van der Waals surface area contributed by atoms with Gasteiger partial charge in [-0.25, -0.2) is 9.97 Å². The van der Waals surface area contributed by atoms with E-state index in [0.717, 1.165) is 37.0 Å². The van der Waals surface area contributed by atoms with Gasteiger partial charge in [-0.15, -0.1) is 0 Å². The first-order chi connectivity index (χ1) is 7.78. The highest BCUT2D eigenvalue weighted by atomic mass is 127. The maximum atomic E-state index is 5.18. The third-order valence-electron chi connectivity index (χ3n) is 2.28. The van der Waals surface area contributed by atoms with Crippen LogP contribution in [0.3, 0.4) is 0 Å². The van der Waals surface area contributed by atoms with Crippen LogP contribution in [0.25, 0.3) is 11.0 Å². The number of ether oxygens (including phenoxy) is 1. The Morgan fingerprint density at radius 3 is 2.25 bits per heavy atom. The predicted octanol–water partition coefficient (Wildman–Crippen LogP) is 3.51. The van der Waals surface area contributed by atoms with Crippen LogP contribution in [0.1, 0.15) is 11.4 Å². The highest BCUT2D eigenvalue weighted by Crippen LogP contribution is 2.21. The Hall–Kier alpha value is -0.180. The first kappa shape index (κ1) is 12.3. The number of alkyl halides is 2. The van der Waals surface area contributed by atoms with Crippen molar-refractivity contribution >= 4 is 56.2 Å². The van der Waals surface area contributed by atoms with Gasteiger partial charge in [0.1, 0.15) is 5.75 Å². The van der Waals surface area contributed by atoms with E-state index in [2.05, 4.69) is 55.1 Å². The lowest BCUT2D eigenvalue weighted by Gasteiger charge is -2.06. The number of halogens is 2. The van der Waals surface area contributed by atoms with E-state index in [1.54, 1.807) is 7.11 Å². The van der Waals surface area contributed by atoms with Crippen molar-refractivity contribution in [3.63, 3.8) is 0 Å². The zero-order chi connectivity index (χ0) is 11.5. The van der Waals surface area contributed by atoms with Crippen LogP contribution >= 0.6 is 45.2 Å². The van der Waals surface area contributed by atoms with Crippen molar-refractivity contribution in [3.05, 3.63) is 29.6 Å². The summed E-state index contributed by atoms with van der Waals surface area (Å²) in [5, 5.41) is 0. The van der Waals surface area contributed by atoms with Crippen LogP contribution in [0.15, 0.2) is 18.2 Å². The number of benzene rings is 1. The van der Waals surface area contributed by atoms with Crippen molar-refractivity contribution in [3.8, 4) is 5.75 Å². The molecule has 0 saturated heterocycles. The number of hydrogen-bond donors (Lipinski definition) is 0. The van der Waals surface area contributed by atoms with Crippen molar-refractivity contribution in [1.29, 1.82) is 0 Å². The van der Waals surface area contributed by atoms with Crippen molar-refractivity contribution in [2.45, 2.75) is 8.86 Å². The normalized spacial score (nSPS) is 10.7. The predicted molar refractivity (Wildman–Crippen MR) is 81.5 cm³/mol. The molecule has 0 aliphatic rings. The van der Waals surface area contributed by atoms with Crippen LogP contribution in [0.4, 0.5) is 0 Å². The average molecular weight is 440 g/mol. The third kappa shape index (κ3) is 2.39. The van der Waals surface area contributed by atoms with Gasteiger partial charge in [0.2, 0.25) is 0 Å². The van der Waals surface area contributed by atoms with Gasteiger partial charge in [-0.05, 0) is 12.1 Å². The summed E-state index contributed by atoms with van der Waals surface area (Å²) in [4.78, 5) is 9.23. The summed E-state index contributed by atoms with van der Waals surface area (Å²) in [6.45, 7) is 0. The van der Waals surface area contributed by atoms with Crippen LogP contribution in [0.2, 0.25) is 0 Å². The van der Waals surface area contributed by atoms with Gasteiger partial charge in [0.25, 0.3) is 0 Å². The molecule has 2 rings (SSSR count). The number of nitrogens with zero attached hydrogens (tertiary/aromatic N) is 2. The van der Waals surface area contributed by atoms with E-state index in [1.807, 2.05) is 18.2 Å². The molecule has 0 N–H and O–H groups in total. The van der Waals surface area contributed by atoms with Crippen LogP contribution < -0.4 is 4.74 Å². The number of fused-ring (bicyclic) bond motifs is 1. The molecule has 0 unspecified atom stereocenters. The van der Waals surface area contributed by atoms with Crippen LogP contribution in [0, 0.1) is 0 Å². The summed E-state index contributed by atoms with van der Waals surface area (Å²) >= 11 is 4.63. The Balaban J connectivity index is 2.63. The second-order valence-electron chi connectivity index (χ2n) is 3.24. The molecule has 0 radical (unpaired) electrons. The number of rotatable bonds is 3. The molecule has 1 aromatic carbocycles. The minimum absolute atomic E-state index is 0.823. The zero-order valence-electron chi connectivity index (χ0n) is 8.70. The Labute approximate surface area is 121 Å². The molecule has 3 nitrogen and oxygen atoms in total. The molecule has 1 heterocycles. The van der Waals surface area contributed by atoms with Gasteiger partial charge >= 0.3 is 0 Å². The fourth-order valence-electron chi connectivity index (χ4n) is 1.45. The van der Waals surface area contributed by atoms with Gasteiger partial charge in [-0.1, -0.05) is 45.2 Å². The van der Waals surface area contributed by atoms with Crippen molar-refractivity contribution in [1.82, 2.24) is 9.97 Å². The van der Waals surface area contributed by atoms with Gasteiger partial charge in [-0.2, -0.15) is 0 Å². The summed E-state index contributed by atoms with van der Waals surface area (Å²) in [6.07, 6.45) is 0. The minimum Gasteiger partial charge on any atom is -0.497 e. The largest absolute Gasteiger partial charge is 0.497 e. The van der Waals surface area contributed by atoms with E-state index in [-0.39, 0.29) is 0 Å². The van der Waals surface area contributed by atoms with Crippen LogP contribution in [-0.2, 0) is 8.86 Å². The summed E-state index contributed by atoms with van der Waals surface area (Å²) in [5.41, 5.74) is 3.98. The smallest absolute Gasteiger partial charge is 0.121 e. The van der Waals surface area contributed by atoms with Gasteiger partial charge in [0.15, 0.2) is 0 Å². The molecule has 0 spiro atoms. The highest BCUT2D eigenvalue weighted by molar-refractivity contribution is 14.1. The van der Waals surface area contributed by atoms with Crippen LogP contribution in [0.5, 0.6) is 5.75 Å². The van der Waals surface area contributed by atoms with Gasteiger partial charge in [0, 0.05) is 14.9 Å². The standard InChI is InChI=1S/C11H10I2N2O/c1-16-7-2-3-8-9(4-7)15-11(6-13)10(5-12)14-8/h2-4H,5-6H2,1H3. The molecular formula is C11H10I2N2O. The summed E-state index contributed by atoms with van der Waals surface area (Å²) in [6, 6.07) is 5.79. The lowest BCUT2D eigenvalue weighted by Crippen LogP contribution is -1.98. The first-order valence-corrected chi connectivity index (χ1v) is 7.79. The molecule has 84 valence electrons. The summed E-state index contributed by atoms with van der Waals surface area (Å²) in [7, 11) is 1.66. The maximum Gasteiger partial charge on any atom is 0.121 e. The average Bonchev–Trinajstić information content (AvgIpc) is 2.36. The summed E-state index contributed by atoms with van der Waals surface area (Å²) in [5.74, 6) is 0.823. The second kappa shape index (κ2) is 5.44. The fraction of sp³-hybridized carbons (Fsp3) is 0.273. The molecule has 0 bridgehead atoms. The second-order valence-corrected chi connectivity index (χ2v) is 4.76. The molecule has 5 heteroatoms. The van der Waals surface area contributed by atoms with E-state index in [0.29, 0.717) is 0 Å². The molecule has 2 aromatic rings. The monoisotopic (exact) mass is 440 g/mol. The van der Waals surface area contributed by atoms with E-state index in [1.165, 1.54) is 0 Å². The van der Waals surface area contributed by atoms with Gasteiger partial charge < -0.3 is 4.74 Å². The highest BCUT2D eigenvalue weighted by Gasteiger charge is 2.07. The van der Waals surface area contributed by atoms with Gasteiger partial charge in [0.05, 0.1) is 29.5 Å². The molecule has 0 fully saturated rings. The van der Waals surface area contributed by atoms with Crippen molar-refractivity contribution in [2.24, 2.45) is 0 Å². The first-order valence-electron chi connectivity index (χ1n) is 4.74. The molecular weight excluding hydrogens is 430 g/mol. The Kier molecular flexibility index (Phi) is 4.17. The quantitative estimate of drug-likeness (QED) is 0.542. The molecule has 0 saturated carbocycles. The maximum absolute atomic E-state index is 5.18. The van der Waals surface area contributed by atoms with Crippen molar-refractivity contribution in [2.75, 3.05) is 7.11 Å². The van der Waals surface area contributed by atoms with E-state index in [9.17, 15) is 0 Å². The molecule has 16 heavy (non-hydrogen) atoms. The number of hydrogen-bond acceptors (Lipinski definition) is 3. The molecule has 0 amide bonds. The SMILES string of the molecule is COc1ccc2nc(CI)c(CI)nc2c1. The number of aromatic nitrogens is 2. The molecule has 0 atom stereocenters. The third-order valence-corrected chi connectivity index (χ3v) is 3.72. The Bertz CT molecular complexity index is 517. The topological polar surface area (TPSA) is 35.0 Å². The van der Waals surface area contributed by atoms with Crippen molar-refractivity contribution < 1.29 is 4.74 Å². The Morgan fingerprint density at radius 2 is 1.69 bits per heavy atom.